The second-order valence-electron chi connectivity index (χ2n) is 7.61. The summed E-state index contributed by atoms with van der Waals surface area (Å²) in [6.07, 6.45) is 0.955. The number of carbonyl (C=O) groups is 1. The van der Waals surface area contributed by atoms with Crippen LogP contribution < -0.4 is 5.32 Å². The van der Waals surface area contributed by atoms with Crippen molar-refractivity contribution in [1.29, 1.82) is 0 Å². The van der Waals surface area contributed by atoms with Crippen LogP contribution in [-0.2, 0) is 4.79 Å². The summed E-state index contributed by atoms with van der Waals surface area (Å²) in [6, 6.07) is 18.6. The maximum absolute atomic E-state index is 10.9. The molecule has 0 amide bonds. The molecular weight excluding hydrogens is 386 g/mol. The average Bonchev–Trinajstić information content (AvgIpc) is 2.74. The number of carboxylic acid groups (broad SMARTS) is 1. The smallest absolute Gasteiger partial charge is 0.320 e. The highest BCUT2D eigenvalue weighted by molar-refractivity contribution is 6.30. The van der Waals surface area contributed by atoms with E-state index in [0.29, 0.717) is 0 Å². The standard InChI is InChI=1S/C23H30ClN3O2/c1-18(23(28)29)25-12-5-13-26-14-16-27(17-15-26)22(19-6-3-2-4-7-19)20-8-10-21(24)11-9-20/h2-4,6-11,18,22,25H,5,12-17H2,1H3,(H,28,29)/t18-,22+/m0/s1. The van der Waals surface area contributed by atoms with Crippen LogP contribution >= 0.6 is 11.6 Å². The van der Waals surface area contributed by atoms with Crippen molar-refractivity contribution >= 4 is 17.6 Å². The van der Waals surface area contributed by atoms with Gasteiger partial charge in [0.2, 0.25) is 0 Å². The van der Waals surface area contributed by atoms with Crippen molar-refractivity contribution in [1.82, 2.24) is 15.1 Å². The summed E-state index contributed by atoms with van der Waals surface area (Å²) in [5.74, 6) is -0.798. The molecule has 0 aliphatic carbocycles. The van der Waals surface area contributed by atoms with Crippen LogP contribution in [0.2, 0.25) is 5.02 Å². The third-order valence-corrected chi connectivity index (χ3v) is 5.80. The first kappa shape index (κ1) is 21.8. The topological polar surface area (TPSA) is 55.8 Å². The first-order chi connectivity index (χ1) is 14.0. The van der Waals surface area contributed by atoms with Gasteiger partial charge in [0.25, 0.3) is 0 Å². The van der Waals surface area contributed by atoms with E-state index in [1.807, 2.05) is 12.1 Å². The fourth-order valence-electron chi connectivity index (χ4n) is 3.85. The van der Waals surface area contributed by atoms with Crippen molar-refractivity contribution in [3.05, 3.63) is 70.7 Å². The van der Waals surface area contributed by atoms with Crippen molar-refractivity contribution in [3.8, 4) is 0 Å². The van der Waals surface area contributed by atoms with Gasteiger partial charge >= 0.3 is 5.97 Å². The Bertz CT molecular complexity index is 761. The highest BCUT2D eigenvalue weighted by Crippen LogP contribution is 2.30. The number of hydrogen-bond acceptors (Lipinski definition) is 4. The molecule has 5 nitrogen and oxygen atoms in total. The second-order valence-corrected chi connectivity index (χ2v) is 8.05. The maximum Gasteiger partial charge on any atom is 0.320 e. The Morgan fingerprint density at radius 3 is 2.28 bits per heavy atom. The summed E-state index contributed by atoms with van der Waals surface area (Å²) in [5, 5.41) is 12.7. The zero-order valence-electron chi connectivity index (χ0n) is 16.9. The highest BCUT2D eigenvalue weighted by Gasteiger charge is 2.26. The summed E-state index contributed by atoms with van der Waals surface area (Å²) in [6.45, 7) is 7.44. The molecule has 1 aliphatic heterocycles. The van der Waals surface area contributed by atoms with Gasteiger partial charge in [-0.2, -0.15) is 0 Å². The van der Waals surface area contributed by atoms with Crippen LogP contribution in [0.4, 0.5) is 0 Å². The zero-order valence-corrected chi connectivity index (χ0v) is 17.7. The summed E-state index contributed by atoms with van der Waals surface area (Å²) in [5.41, 5.74) is 2.57. The van der Waals surface area contributed by atoms with E-state index in [9.17, 15) is 4.79 Å². The van der Waals surface area contributed by atoms with Crippen LogP contribution in [0.5, 0.6) is 0 Å². The zero-order chi connectivity index (χ0) is 20.6. The Labute approximate surface area is 178 Å². The molecule has 6 heteroatoms. The minimum absolute atomic E-state index is 0.230. The van der Waals surface area contributed by atoms with E-state index >= 15 is 0 Å². The van der Waals surface area contributed by atoms with Gasteiger partial charge in [-0.25, -0.2) is 0 Å². The van der Waals surface area contributed by atoms with Crippen LogP contribution in [-0.4, -0.2) is 66.2 Å². The van der Waals surface area contributed by atoms with Gasteiger partial charge in [0.15, 0.2) is 0 Å². The van der Waals surface area contributed by atoms with Crippen LogP contribution in [0.15, 0.2) is 54.6 Å². The minimum Gasteiger partial charge on any atom is -0.480 e. The molecule has 2 N–H and O–H groups in total. The van der Waals surface area contributed by atoms with E-state index in [1.54, 1.807) is 6.92 Å². The van der Waals surface area contributed by atoms with E-state index in [1.165, 1.54) is 11.1 Å². The Morgan fingerprint density at radius 2 is 1.66 bits per heavy atom. The molecule has 1 heterocycles. The van der Waals surface area contributed by atoms with Gasteiger partial charge in [-0.05, 0) is 49.7 Å². The Kier molecular flexibility index (Phi) is 8.07. The van der Waals surface area contributed by atoms with E-state index in [-0.39, 0.29) is 6.04 Å². The van der Waals surface area contributed by atoms with Gasteiger partial charge in [-0.3, -0.25) is 9.69 Å². The first-order valence-corrected chi connectivity index (χ1v) is 10.7. The highest BCUT2D eigenvalue weighted by atomic mass is 35.5. The van der Waals surface area contributed by atoms with Crippen molar-refractivity contribution in [2.75, 3.05) is 39.3 Å². The first-order valence-electron chi connectivity index (χ1n) is 10.3. The minimum atomic E-state index is -0.798. The SMILES string of the molecule is C[C@H](NCCCN1CCN([C@H](c2ccccc2)c2ccc(Cl)cc2)CC1)C(=O)O. The number of hydrogen-bond donors (Lipinski definition) is 2. The molecule has 0 bridgehead atoms. The Balaban J connectivity index is 1.56. The van der Waals surface area contributed by atoms with E-state index in [0.717, 1.165) is 50.7 Å². The molecule has 0 unspecified atom stereocenters. The summed E-state index contributed by atoms with van der Waals surface area (Å²) < 4.78 is 0. The quantitative estimate of drug-likeness (QED) is 0.614. The molecule has 1 fully saturated rings. The molecule has 1 saturated heterocycles. The van der Waals surface area contributed by atoms with Crippen molar-refractivity contribution in [3.63, 3.8) is 0 Å². The predicted molar refractivity (Wildman–Crippen MR) is 117 cm³/mol. The monoisotopic (exact) mass is 415 g/mol. The fourth-order valence-corrected chi connectivity index (χ4v) is 3.97. The lowest BCUT2D eigenvalue weighted by Crippen LogP contribution is -2.48. The van der Waals surface area contributed by atoms with E-state index in [4.69, 9.17) is 16.7 Å². The van der Waals surface area contributed by atoms with Crippen LogP contribution in [0, 0.1) is 0 Å². The molecule has 2 aromatic carbocycles. The lowest BCUT2D eigenvalue weighted by atomic mass is 9.96. The number of halogens is 1. The summed E-state index contributed by atoms with van der Waals surface area (Å²) >= 11 is 6.11. The van der Waals surface area contributed by atoms with E-state index in [2.05, 4.69) is 57.6 Å². The molecule has 0 aromatic heterocycles. The van der Waals surface area contributed by atoms with Crippen LogP contribution in [0.25, 0.3) is 0 Å². The number of aliphatic carboxylic acids is 1. The van der Waals surface area contributed by atoms with Gasteiger partial charge in [0.1, 0.15) is 6.04 Å². The molecule has 2 aromatic rings. The average molecular weight is 416 g/mol. The van der Waals surface area contributed by atoms with Crippen molar-refractivity contribution in [2.24, 2.45) is 0 Å². The normalized spacial score (nSPS) is 17.7. The number of rotatable bonds is 9. The molecule has 2 atom stereocenters. The summed E-state index contributed by atoms with van der Waals surface area (Å²) in [4.78, 5) is 15.9. The number of piperazine rings is 1. The maximum atomic E-state index is 10.9. The van der Waals surface area contributed by atoms with E-state index < -0.39 is 12.0 Å². The molecule has 0 spiro atoms. The largest absolute Gasteiger partial charge is 0.480 e. The second kappa shape index (κ2) is 10.7. The number of benzene rings is 2. The molecule has 0 radical (unpaired) electrons. The summed E-state index contributed by atoms with van der Waals surface area (Å²) in [7, 11) is 0. The van der Waals surface area contributed by atoms with Crippen molar-refractivity contribution < 1.29 is 9.90 Å². The van der Waals surface area contributed by atoms with Gasteiger partial charge in [0, 0.05) is 31.2 Å². The van der Waals surface area contributed by atoms with Gasteiger partial charge in [0.05, 0.1) is 6.04 Å². The molecule has 1 aliphatic rings. The van der Waals surface area contributed by atoms with Gasteiger partial charge in [-0.1, -0.05) is 54.1 Å². The molecular formula is C23H30ClN3O2. The number of nitrogens with one attached hydrogen (secondary N) is 1. The van der Waals surface area contributed by atoms with Crippen LogP contribution in [0.1, 0.15) is 30.5 Å². The third-order valence-electron chi connectivity index (χ3n) is 5.55. The van der Waals surface area contributed by atoms with Crippen LogP contribution in [0.3, 0.4) is 0 Å². The fraction of sp³-hybridized carbons (Fsp3) is 0.435. The lowest BCUT2D eigenvalue weighted by molar-refractivity contribution is -0.138. The lowest BCUT2D eigenvalue weighted by Gasteiger charge is -2.40. The van der Waals surface area contributed by atoms with Gasteiger partial charge < -0.3 is 15.3 Å². The Morgan fingerprint density at radius 1 is 1.03 bits per heavy atom. The number of carboxylic acids is 1. The molecule has 29 heavy (non-hydrogen) atoms. The third kappa shape index (κ3) is 6.28. The predicted octanol–water partition coefficient (Wildman–Crippen LogP) is 3.50. The number of nitrogens with zero attached hydrogens (tertiary/aromatic N) is 2. The van der Waals surface area contributed by atoms with Crippen molar-refractivity contribution in [2.45, 2.75) is 25.4 Å². The molecule has 3 rings (SSSR count). The molecule has 0 saturated carbocycles. The van der Waals surface area contributed by atoms with Gasteiger partial charge in [-0.15, -0.1) is 0 Å². The Hall–Kier alpha value is -1.92. The molecule has 156 valence electrons.